The Kier molecular flexibility index (Phi) is 4.62. The minimum absolute atomic E-state index is 0.143. The highest BCUT2D eigenvalue weighted by Crippen LogP contribution is 2.28. The smallest absolute Gasteiger partial charge is 0.234 e. The number of carbonyl (C=O) groups is 1. The molecule has 24 heavy (non-hydrogen) atoms. The Morgan fingerprint density at radius 2 is 2.17 bits per heavy atom. The van der Waals surface area contributed by atoms with Crippen LogP contribution in [0.15, 0.2) is 21.3 Å². The zero-order chi connectivity index (χ0) is 16.4. The van der Waals surface area contributed by atoms with Crippen molar-refractivity contribution in [1.82, 2.24) is 20.4 Å². The Balaban J connectivity index is 1.24. The van der Waals surface area contributed by atoms with E-state index < -0.39 is 0 Å². The summed E-state index contributed by atoms with van der Waals surface area (Å²) in [5.41, 5.74) is 0.998. The van der Waals surface area contributed by atoms with E-state index in [9.17, 15) is 4.79 Å². The summed E-state index contributed by atoms with van der Waals surface area (Å²) in [6, 6.07) is 2.37. The van der Waals surface area contributed by atoms with Crippen LogP contribution in [0.5, 0.6) is 0 Å². The SMILES string of the molecule is O=C(CN1CC(c2nc(-c3ccsc3)no2)C1)NC1CCCCC1. The lowest BCUT2D eigenvalue weighted by molar-refractivity contribution is -0.124. The molecule has 2 aromatic rings. The van der Waals surface area contributed by atoms with Gasteiger partial charge in [-0.05, 0) is 24.3 Å². The number of nitrogens with one attached hydrogen (secondary N) is 1. The number of aromatic nitrogens is 2. The van der Waals surface area contributed by atoms with Crippen molar-refractivity contribution in [2.45, 2.75) is 44.1 Å². The Labute approximate surface area is 145 Å². The standard InChI is InChI=1S/C17H22N4O2S/c22-15(18-14-4-2-1-3-5-14)10-21-8-13(9-21)17-19-16(20-23-17)12-6-7-24-11-12/h6-7,11,13-14H,1-5,8-10H2,(H,18,22). The van der Waals surface area contributed by atoms with Gasteiger partial charge in [-0.2, -0.15) is 16.3 Å². The maximum absolute atomic E-state index is 12.1. The van der Waals surface area contributed by atoms with Gasteiger partial charge in [0.15, 0.2) is 0 Å². The normalized spacial score (nSPS) is 20.0. The summed E-state index contributed by atoms with van der Waals surface area (Å²) in [6.07, 6.45) is 6.03. The fourth-order valence-electron chi connectivity index (χ4n) is 3.49. The molecule has 1 N–H and O–H groups in total. The van der Waals surface area contributed by atoms with Crippen molar-refractivity contribution in [3.8, 4) is 11.4 Å². The van der Waals surface area contributed by atoms with Gasteiger partial charge in [-0.15, -0.1) is 0 Å². The Morgan fingerprint density at radius 1 is 1.33 bits per heavy atom. The van der Waals surface area contributed by atoms with Crippen LogP contribution in [0.3, 0.4) is 0 Å². The molecule has 7 heteroatoms. The number of amides is 1. The predicted molar refractivity (Wildman–Crippen MR) is 91.8 cm³/mol. The summed E-state index contributed by atoms with van der Waals surface area (Å²) in [5, 5.41) is 11.2. The number of likely N-dealkylation sites (tertiary alicyclic amines) is 1. The second-order valence-electron chi connectivity index (χ2n) is 6.76. The second kappa shape index (κ2) is 7.03. The van der Waals surface area contributed by atoms with Gasteiger partial charge in [0.2, 0.25) is 17.6 Å². The van der Waals surface area contributed by atoms with E-state index in [2.05, 4.69) is 20.4 Å². The first-order chi connectivity index (χ1) is 11.8. The highest BCUT2D eigenvalue weighted by Gasteiger charge is 2.34. The van der Waals surface area contributed by atoms with Gasteiger partial charge in [0.05, 0.1) is 12.5 Å². The monoisotopic (exact) mass is 346 g/mol. The van der Waals surface area contributed by atoms with E-state index in [1.165, 1.54) is 19.3 Å². The molecule has 0 aromatic carbocycles. The van der Waals surface area contributed by atoms with Crippen LogP contribution in [0.2, 0.25) is 0 Å². The predicted octanol–water partition coefficient (Wildman–Crippen LogP) is 2.65. The lowest BCUT2D eigenvalue weighted by Gasteiger charge is -2.36. The van der Waals surface area contributed by atoms with Crippen molar-refractivity contribution >= 4 is 17.2 Å². The quantitative estimate of drug-likeness (QED) is 0.901. The zero-order valence-corrected chi connectivity index (χ0v) is 14.4. The summed E-state index contributed by atoms with van der Waals surface area (Å²) < 4.78 is 5.38. The molecule has 128 valence electrons. The van der Waals surface area contributed by atoms with E-state index in [1.54, 1.807) is 11.3 Å². The minimum Gasteiger partial charge on any atom is -0.352 e. The van der Waals surface area contributed by atoms with Crippen LogP contribution < -0.4 is 5.32 Å². The average Bonchev–Trinajstić information content (AvgIpc) is 3.22. The van der Waals surface area contributed by atoms with E-state index >= 15 is 0 Å². The zero-order valence-electron chi connectivity index (χ0n) is 13.6. The van der Waals surface area contributed by atoms with Gasteiger partial charge in [0.25, 0.3) is 0 Å². The molecule has 1 saturated heterocycles. The minimum atomic E-state index is 0.143. The van der Waals surface area contributed by atoms with E-state index in [4.69, 9.17) is 4.52 Å². The third-order valence-corrected chi connectivity index (χ3v) is 5.55. The first-order valence-electron chi connectivity index (χ1n) is 8.66. The average molecular weight is 346 g/mol. The molecule has 0 bridgehead atoms. The summed E-state index contributed by atoms with van der Waals surface area (Å²) in [5.74, 6) is 1.72. The number of rotatable bonds is 5. The van der Waals surface area contributed by atoms with Gasteiger partial charge in [-0.1, -0.05) is 24.4 Å². The van der Waals surface area contributed by atoms with Gasteiger partial charge in [-0.3, -0.25) is 9.69 Å². The molecule has 1 amide bonds. The lowest BCUT2D eigenvalue weighted by atomic mass is 9.95. The number of carbonyl (C=O) groups excluding carboxylic acids is 1. The van der Waals surface area contributed by atoms with E-state index in [-0.39, 0.29) is 11.8 Å². The second-order valence-corrected chi connectivity index (χ2v) is 7.54. The third-order valence-electron chi connectivity index (χ3n) is 4.87. The summed E-state index contributed by atoms with van der Waals surface area (Å²) in [6.45, 7) is 2.09. The number of thiophene rings is 1. The Hall–Kier alpha value is -1.73. The molecule has 1 aliphatic heterocycles. The molecule has 3 heterocycles. The molecule has 0 spiro atoms. The summed E-state index contributed by atoms with van der Waals surface area (Å²) >= 11 is 1.62. The molecule has 0 radical (unpaired) electrons. The van der Waals surface area contributed by atoms with Crippen LogP contribution >= 0.6 is 11.3 Å². The van der Waals surface area contributed by atoms with Crippen LogP contribution in [0.1, 0.15) is 43.9 Å². The van der Waals surface area contributed by atoms with Crippen LogP contribution in [-0.4, -0.2) is 46.6 Å². The van der Waals surface area contributed by atoms with Crippen LogP contribution in [0, 0.1) is 0 Å². The maximum Gasteiger partial charge on any atom is 0.234 e. The van der Waals surface area contributed by atoms with Crippen LogP contribution in [0.25, 0.3) is 11.4 Å². The van der Waals surface area contributed by atoms with Crippen molar-refractivity contribution in [3.63, 3.8) is 0 Å². The Morgan fingerprint density at radius 3 is 2.92 bits per heavy atom. The third kappa shape index (κ3) is 3.52. The van der Waals surface area contributed by atoms with E-state index in [1.807, 2.05) is 16.8 Å². The maximum atomic E-state index is 12.1. The van der Waals surface area contributed by atoms with Crippen LogP contribution in [0.4, 0.5) is 0 Å². The number of hydrogen-bond donors (Lipinski definition) is 1. The van der Waals surface area contributed by atoms with Crippen molar-refractivity contribution in [3.05, 3.63) is 22.7 Å². The molecule has 0 atom stereocenters. The molecule has 0 unspecified atom stereocenters. The Bertz CT molecular complexity index is 673. The van der Waals surface area contributed by atoms with Gasteiger partial charge in [-0.25, -0.2) is 0 Å². The van der Waals surface area contributed by atoms with E-state index in [0.29, 0.717) is 24.3 Å². The fraction of sp³-hybridized carbons (Fsp3) is 0.588. The molecule has 4 rings (SSSR count). The largest absolute Gasteiger partial charge is 0.352 e. The molecule has 2 aliphatic rings. The molecule has 2 aromatic heterocycles. The molecule has 1 aliphatic carbocycles. The molecule has 2 fully saturated rings. The summed E-state index contributed by atoms with van der Waals surface area (Å²) in [4.78, 5) is 18.7. The lowest BCUT2D eigenvalue weighted by Crippen LogP contribution is -2.51. The highest BCUT2D eigenvalue weighted by molar-refractivity contribution is 7.08. The first-order valence-corrected chi connectivity index (χ1v) is 9.60. The van der Waals surface area contributed by atoms with Crippen LogP contribution in [-0.2, 0) is 4.79 Å². The van der Waals surface area contributed by atoms with Crippen molar-refractivity contribution in [1.29, 1.82) is 0 Å². The highest BCUT2D eigenvalue weighted by atomic mass is 32.1. The molecule has 1 saturated carbocycles. The van der Waals surface area contributed by atoms with Gasteiger partial charge in [0, 0.05) is 30.1 Å². The molecular weight excluding hydrogens is 324 g/mol. The molecular formula is C17H22N4O2S. The fourth-order valence-corrected chi connectivity index (χ4v) is 4.12. The van der Waals surface area contributed by atoms with Gasteiger partial charge >= 0.3 is 0 Å². The van der Waals surface area contributed by atoms with Crippen molar-refractivity contribution in [2.75, 3.05) is 19.6 Å². The number of nitrogens with zero attached hydrogens (tertiary/aromatic N) is 3. The molecule has 6 nitrogen and oxygen atoms in total. The van der Waals surface area contributed by atoms with Gasteiger partial charge in [0.1, 0.15) is 0 Å². The van der Waals surface area contributed by atoms with Crippen molar-refractivity contribution in [2.24, 2.45) is 0 Å². The van der Waals surface area contributed by atoms with Gasteiger partial charge < -0.3 is 9.84 Å². The first kappa shape index (κ1) is 15.8. The topological polar surface area (TPSA) is 71.3 Å². The number of hydrogen-bond acceptors (Lipinski definition) is 6. The van der Waals surface area contributed by atoms with E-state index in [0.717, 1.165) is 31.5 Å². The summed E-state index contributed by atoms with van der Waals surface area (Å²) in [7, 11) is 0. The van der Waals surface area contributed by atoms with Crippen molar-refractivity contribution < 1.29 is 9.32 Å².